The summed E-state index contributed by atoms with van der Waals surface area (Å²) in [7, 11) is 4.04. The maximum absolute atomic E-state index is 4.37. The number of benzene rings is 2. The maximum atomic E-state index is 4.37. The van der Waals surface area contributed by atoms with E-state index in [9.17, 15) is 0 Å². The predicted octanol–water partition coefficient (Wildman–Crippen LogP) is 3.87. The molecule has 5 nitrogen and oxygen atoms in total. The molecule has 0 amide bonds. The van der Waals surface area contributed by atoms with Crippen molar-refractivity contribution < 1.29 is 0 Å². The van der Waals surface area contributed by atoms with Crippen LogP contribution in [0.5, 0.6) is 0 Å². The van der Waals surface area contributed by atoms with Crippen molar-refractivity contribution in [1.29, 1.82) is 0 Å². The molecular formula is C25H38IN5. The quantitative estimate of drug-likeness (QED) is 0.321. The molecule has 1 saturated heterocycles. The largest absolute Gasteiger partial charge is 0.352 e. The zero-order chi connectivity index (χ0) is 21.2. The van der Waals surface area contributed by atoms with Crippen LogP contribution in [0.15, 0.2) is 53.5 Å². The Labute approximate surface area is 205 Å². The van der Waals surface area contributed by atoms with Gasteiger partial charge < -0.3 is 15.5 Å². The molecule has 0 radical (unpaired) electrons. The summed E-state index contributed by atoms with van der Waals surface area (Å²) in [5, 5.41) is 6.86. The Bertz CT molecular complexity index is 806. The van der Waals surface area contributed by atoms with E-state index in [0.717, 1.165) is 45.1 Å². The summed E-state index contributed by atoms with van der Waals surface area (Å²) in [5.74, 6) is 0.832. The summed E-state index contributed by atoms with van der Waals surface area (Å²) in [5.41, 5.74) is 5.37. The van der Waals surface area contributed by atoms with Crippen LogP contribution < -0.4 is 10.6 Å². The average molecular weight is 536 g/mol. The molecule has 170 valence electrons. The standard InChI is InChI=1S/C25H37N5.HI/c1-4-23-8-5-6-9-24(23)19-28-25(26-2)27-18-21-10-12-22(13-11-21)20-30-15-7-14-29(3)16-17-30;/h5-6,8-13H,4,7,14-20H2,1-3H3,(H2,26,27,28);1H. The lowest BCUT2D eigenvalue weighted by molar-refractivity contribution is 0.269. The van der Waals surface area contributed by atoms with E-state index in [0.29, 0.717) is 0 Å². The van der Waals surface area contributed by atoms with Gasteiger partial charge in [0, 0.05) is 39.8 Å². The number of aliphatic imine (C=N–C) groups is 1. The first-order valence-corrected chi connectivity index (χ1v) is 11.2. The molecule has 0 spiro atoms. The zero-order valence-electron chi connectivity index (χ0n) is 19.2. The molecular weight excluding hydrogens is 497 g/mol. The Morgan fingerprint density at radius 1 is 0.871 bits per heavy atom. The summed E-state index contributed by atoms with van der Waals surface area (Å²) in [6, 6.07) is 17.6. The van der Waals surface area contributed by atoms with Crippen LogP contribution in [0.2, 0.25) is 0 Å². The number of hydrogen-bond donors (Lipinski definition) is 2. The molecule has 1 heterocycles. The number of likely N-dealkylation sites (N-methyl/N-ethyl adjacent to an activating group) is 1. The molecule has 0 saturated carbocycles. The molecule has 0 aliphatic carbocycles. The molecule has 3 rings (SSSR count). The molecule has 2 aromatic carbocycles. The number of aryl methyl sites for hydroxylation is 1. The van der Waals surface area contributed by atoms with Crippen molar-refractivity contribution in [2.75, 3.05) is 40.3 Å². The predicted molar refractivity (Wildman–Crippen MR) is 142 cm³/mol. The van der Waals surface area contributed by atoms with Crippen molar-refractivity contribution in [2.24, 2.45) is 4.99 Å². The van der Waals surface area contributed by atoms with Crippen molar-refractivity contribution >= 4 is 29.9 Å². The molecule has 6 heteroatoms. The van der Waals surface area contributed by atoms with Crippen LogP contribution in [0.3, 0.4) is 0 Å². The van der Waals surface area contributed by atoms with Gasteiger partial charge in [0.25, 0.3) is 0 Å². The highest BCUT2D eigenvalue weighted by atomic mass is 127. The van der Waals surface area contributed by atoms with Gasteiger partial charge in [0.15, 0.2) is 5.96 Å². The molecule has 1 fully saturated rings. The molecule has 1 aliphatic heterocycles. The minimum absolute atomic E-state index is 0. The van der Waals surface area contributed by atoms with Gasteiger partial charge in [0.1, 0.15) is 0 Å². The second-order valence-corrected chi connectivity index (χ2v) is 8.15. The van der Waals surface area contributed by atoms with E-state index in [1.165, 1.54) is 41.8 Å². The van der Waals surface area contributed by atoms with Crippen LogP contribution >= 0.6 is 24.0 Å². The summed E-state index contributed by atoms with van der Waals surface area (Å²) in [6.07, 6.45) is 2.30. The van der Waals surface area contributed by atoms with E-state index in [1.54, 1.807) is 0 Å². The molecule has 2 N–H and O–H groups in total. The van der Waals surface area contributed by atoms with E-state index in [-0.39, 0.29) is 24.0 Å². The zero-order valence-corrected chi connectivity index (χ0v) is 21.6. The van der Waals surface area contributed by atoms with Gasteiger partial charge in [-0.2, -0.15) is 0 Å². The first-order chi connectivity index (χ1) is 14.7. The first kappa shape index (κ1) is 25.6. The van der Waals surface area contributed by atoms with E-state index < -0.39 is 0 Å². The van der Waals surface area contributed by atoms with Crippen LogP contribution in [0.4, 0.5) is 0 Å². The Morgan fingerprint density at radius 3 is 2.26 bits per heavy atom. The van der Waals surface area contributed by atoms with Gasteiger partial charge in [0.05, 0.1) is 0 Å². The van der Waals surface area contributed by atoms with Gasteiger partial charge in [0.2, 0.25) is 0 Å². The van der Waals surface area contributed by atoms with Crippen molar-refractivity contribution in [1.82, 2.24) is 20.4 Å². The summed E-state index contributed by atoms with van der Waals surface area (Å²) >= 11 is 0. The lowest BCUT2D eigenvalue weighted by atomic mass is 10.1. The third-order valence-electron chi connectivity index (χ3n) is 5.87. The summed E-state index contributed by atoms with van der Waals surface area (Å²) < 4.78 is 0. The van der Waals surface area contributed by atoms with Crippen molar-refractivity contribution in [3.05, 3.63) is 70.8 Å². The summed E-state index contributed by atoms with van der Waals surface area (Å²) in [4.78, 5) is 9.36. The minimum atomic E-state index is 0. The van der Waals surface area contributed by atoms with Gasteiger partial charge in [-0.15, -0.1) is 24.0 Å². The van der Waals surface area contributed by atoms with E-state index >= 15 is 0 Å². The van der Waals surface area contributed by atoms with Crippen LogP contribution in [0.1, 0.15) is 35.6 Å². The Morgan fingerprint density at radius 2 is 1.55 bits per heavy atom. The molecule has 1 aliphatic rings. The topological polar surface area (TPSA) is 42.9 Å². The minimum Gasteiger partial charge on any atom is -0.352 e. The van der Waals surface area contributed by atoms with Gasteiger partial charge >= 0.3 is 0 Å². The van der Waals surface area contributed by atoms with Crippen molar-refractivity contribution in [3.63, 3.8) is 0 Å². The van der Waals surface area contributed by atoms with Gasteiger partial charge in [-0.1, -0.05) is 55.5 Å². The van der Waals surface area contributed by atoms with E-state index in [4.69, 9.17) is 0 Å². The highest BCUT2D eigenvalue weighted by Crippen LogP contribution is 2.11. The van der Waals surface area contributed by atoms with Crippen LogP contribution in [-0.4, -0.2) is 56.0 Å². The third-order valence-corrected chi connectivity index (χ3v) is 5.87. The van der Waals surface area contributed by atoms with Gasteiger partial charge in [-0.3, -0.25) is 9.89 Å². The second kappa shape index (κ2) is 13.7. The fraction of sp³-hybridized carbons (Fsp3) is 0.480. The first-order valence-electron chi connectivity index (χ1n) is 11.2. The summed E-state index contributed by atoms with van der Waals surface area (Å²) in [6.45, 7) is 9.51. The lowest BCUT2D eigenvalue weighted by Crippen LogP contribution is -2.36. The van der Waals surface area contributed by atoms with Crippen molar-refractivity contribution in [3.8, 4) is 0 Å². The fourth-order valence-electron chi connectivity index (χ4n) is 3.94. The Hall–Kier alpha value is -1.64. The van der Waals surface area contributed by atoms with Crippen molar-refractivity contribution in [2.45, 2.75) is 39.4 Å². The molecule has 0 atom stereocenters. The normalized spacial score (nSPS) is 15.8. The van der Waals surface area contributed by atoms with Gasteiger partial charge in [-0.25, -0.2) is 0 Å². The number of halogens is 1. The maximum Gasteiger partial charge on any atom is 0.191 e. The second-order valence-electron chi connectivity index (χ2n) is 8.15. The number of nitrogens with zero attached hydrogens (tertiary/aromatic N) is 3. The Balaban J connectivity index is 0.00000341. The van der Waals surface area contributed by atoms with Crippen LogP contribution in [0, 0.1) is 0 Å². The van der Waals surface area contributed by atoms with E-state index in [1.807, 2.05) is 7.05 Å². The molecule has 0 bridgehead atoms. The average Bonchev–Trinajstić information content (AvgIpc) is 2.99. The number of guanidine groups is 1. The highest BCUT2D eigenvalue weighted by molar-refractivity contribution is 14.0. The number of rotatable bonds is 7. The monoisotopic (exact) mass is 535 g/mol. The number of hydrogen-bond acceptors (Lipinski definition) is 3. The molecule has 31 heavy (non-hydrogen) atoms. The molecule has 0 aromatic heterocycles. The SMILES string of the molecule is CCc1ccccc1CNC(=NC)NCc1ccc(CN2CCCN(C)CC2)cc1.I. The van der Waals surface area contributed by atoms with Crippen LogP contribution in [0.25, 0.3) is 0 Å². The molecule has 2 aromatic rings. The lowest BCUT2D eigenvalue weighted by Gasteiger charge is -2.20. The van der Waals surface area contributed by atoms with Gasteiger partial charge in [-0.05, 0) is 55.2 Å². The van der Waals surface area contributed by atoms with Crippen LogP contribution in [-0.2, 0) is 26.1 Å². The third kappa shape index (κ3) is 8.43. The Kier molecular flexibility index (Phi) is 11.3. The smallest absolute Gasteiger partial charge is 0.191 e. The highest BCUT2D eigenvalue weighted by Gasteiger charge is 2.12. The molecule has 0 unspecified atom stereocenters. The number of nitrogens with one attached hydrogen (secondary N) is 2. The fourth-order valence-corrected chi connectivity index (χ4v) is 3.94. The van der Waals surface area contributed by atoms with E-state index in [2.05, 4.69) is 87.9 Å².